The van der Waals surface area contributed by atoms with E-state index in [9.17, 15) is 0 Å². The number of hydrogen-bond acceptors (Lipinski definition) is 2. The lowest BCUT2D eigenvalue weighted by molar-refractivity contribution is -0.176. The molecule has 2 aliphatic rings. The molecule has 1 saturated heterocycles. The predicted octanol–water partition coefficient (Wildman–Crippen LogP) is 3.29. The zero-order valence-electron chi connectivity index (χ0n) is 12.0. The number of rotatable bonds is 2. The molecule has 0 aromatic heterocycles. The average Bonchev–Trinajstić information content (AvgIpc) is 2.89. The van der Waals surface area contributed by atoms with Gasteiger partial charge in [-0.15, -0.1) is 0 Å². The van der Waals surface area contributed by atoms with Crippen LogP contribution < -0.4 is 5.19 Å². The molecule has 1 saturated carbocycles. The molecule has 3 rings (SSSR count). The molecule has 1 aliphatic heterocycles. The lowest BCUT2D eigenvalue weighted by Gasteiger charge is -2.41. The Morgan fingerprint density at radius 1 is 1.00 bits per heavy atom. The van der Waals surface area contributed by atoms with Crippen molar-refractivity contribution < 1.29 is 9.47 Å². The van der Waals surface area contributed by atoms with Crippen molar-refractivity contribution in [2.75, 3.05) is 13.2 Å². The summed E-state index contributed by atoms with van der Waals surface area (Å²) in [6.07, 6.45) is 4.68. The number of benzene rings is 1. The predicted molar refractivity (Wildman–Crippen MR) is 80.4 cm³/mol. The van der Waals surface area contributed by atoms with Crippen LogP contribution in [0.3, 0.4) is 0 Å². The lowest BCUT2D eigenvalue weighted by atomic mass is 9.93. The summed E-state index contributed by atoms with van der Waals surface area (Å²) >= 11 is 0. The molecule has 1 aromatic rings. The lowest BCUT2D eigenvalue weighted by Crippen LogP contribution is -2.49. The van der Waals surface area contributed by atoms with Crippen molar-refractivity contribution in [3.8, 4) is 0 Å². The number of ether oxygens (including phenoxy) is 2. The highest BCUT2D eigenvalue weighted by atomic mass is 28.3. The van der Waals surface area contributed by atoms with Crippen molar-refractivity contribution >= 4 is 13.3 Å². The van der Waals surface area contributed by atoms with Crippen LogP contribution in [-0.4, -0.2) is 27.1 Å². The first-order valence-electron chi connectivity index (χ1n) is 7.46. The fraction of sp³-hybridized carbons (Fsp3) is 0.625. The molecule has 0 N–H and O–H groups in total. The topological polar surface area (TPSA) is 18.5 Å². The van der Waals surface area contributed by atoms with Crippen molar-refractivity contribution in [1.29, 1.82) is 0 Å². The Hall–Kier alpha value is -0.643. The summed E-state index contributed by atoms with van der Waals surface area (Å²) in [6, 6.07) is 11.1. The summed E-state index contributed by atoms with van der Waals surface area (Å²) in [5.41, 5.74) is 0.855. The van der Waals surface area contributed by atoms with Gasteiger partial charge in [-0.2, -0.15) is 0 Å². The largest absolute Gasteiger partial charge is 0.348 e. The molecule has 2 fully saturated rings. The Labute approximate surface area is 117 Å². The normalized spacial score (nSPS) is 23.9. The highest BCUT2D eigenvalue weighted by Gasteiger charge is 2.44. The molecule has 0 amide bonds. The van der Waals surface area contributed by atoms with Gasteiger partial charge in [0.15, 0.2) is 5.79 Å². The maximum absolute atomic E-state index is 5.84. The van der Waals surface area contributed by atoms with E-state index in [0.29, 0.717) is 0 Å². The smallest absolute Gasteiger partial charge is 0.168 e. The molecule has 19 heavy (non-hydrogen) atoms. The quantitative estimate of drug-likeness (QED) is 0.772. The molecule has 0 radical (unpaired) electrons. The highest BCUT2D eigenvalue weighted by molar-refractivity contribution is 6.91. The van der Waals surface area contributed by atoms with Crippen LogP contribution in [-0.2, 0) is 9.47 Å². The van der Waals surface area contributed by atoms with E-state index in [1.165, 1.54) is 12.8 Å². The van der Waals surface area contributed by atoms with E-state index in [0.717, 1.165) is 31.6 Å². The maximum atomic E-state index is 5.84. The third-order valence-corrected chi connectivity index (χ3v) is 9.54. The van der Waals surface area contributed by atoms with Gasteiger partial charge in [0.1, 0.15) is 0 Å². The minimum absolute atomic E-state index is 0.211. The van der Waals surface area contributed by atoms with Crippen LogP contribution in [0.25, 0.3) is 0 Å². The van der Waals surface area contributed by atoms with Crippen molar-refractivity contribution in [3.63, 3.8) is 0 Å². The molecule has 0 bridgehead atoms. The highest BCUT2D eigenvalue weighted by Crippen LogP contribution is 2.44. The summed E-state index contributed by atoms with van der Waals surface area (Å²) in [5, 5.41) is 1.59. The molecule has 1 heterocycles. The first kappa shape index (κ1) is 13.3. The fourth-order valence-electron chi connectivity index (χ4n) is 3.67. The van der Waals surface area contributed by atoms with Crippen molar-refractivity contribution in [3.05, 3.63) is 30.3 Å². The number of hydrogen-bond donors (Lipinski definition) is 0. The Bertz CT molecular complexity index is 414. The Morgan fingerprint density at radius 3 is 2.16 bits per heavy atom. The van der Waals surface area contributed by atoms with Crippen molar-refractivity contribution in [1.82, 2.24) is 0 Å². The Kier molecular flexibility index (Phi) is 3.54. The Morgan fingerprint density at radius 2 is 1.58 bits per heavy atom. The third kappa shape index (κ3) is 2.51. The maximum Gasteiger partial charge on any atom is 0.168 e. The van der Waals surface area contributed by atoms with Gasteiger partial charge in [-0.3, -0.25) is 0 Å². The monoisotopic (exact) mass is 276 g/mol. The van der Waals surface area contributed by atoms with Crippen LogP contribution in [0.1, 0.15) is 25.7 Å². The standard InChI is InChI=1S/C16H24O2Si/c1-19(2,14-6-4-3-5-7-14)15-8-10-16(11-9-15)17-12-13-18-16/h3-7,15H,8-13H2,1-2H3. The van der Waals surface area contributed by atoms with Crippen LogP contribution in [0.5, 0.6) is 0 Å². The zero-order valence-corrected chi connectivity index (χ0v) is 13.0. The molecule has 1 aromatic carbocycles. The molecule has 1 spiro atoms. The minimum atomic E-state index is -1.36. The third-order valence-electron chi connectivity index (χ3n) is 5.10. The van der Waals surface area contributed by atoms with Gasteiger partial charge in [-0.25, -0.2) is 0 Å². The molecular formula is C16H24O2Si. The first-order valence-corrected chi connectivity index (χ1v) is 10.5. The van der Waals surface area contributed by atoms with E-state index in [1.54, 1.807) is 5.19 Å². The molecule has 0 unspecified atom stereocenters. The van der Waals surface area contributed by atoms with Crippen LogP contribution in [0, 0.1) is 0 Å². The van der Waals surface area contributed by atoms with E-state index < -0.39 is 8.07 Å². The van der Waals surface area contributed by atoms with Gasteiger partial charge in [-0.05, 0) is 18.4 Å². The summed E-state index contributed by atoms with van der Waals surface area (Å²) in [6.45, 7) is 6.59. The summed E-state index contributed by atoms with van der Waals surface area (Å²) < 4.78 is 11.7. The molecule has 3 heteroatoms. The Balaban J connectivity index is 1.70. The zero-order chi connectivity index (χ0) is 13.3. The SMILES string of the molecule is C[Si](C)(c1ccccc1)C1CCC2(CC1)OCCO2. The van der Waals surface area contributed by atoms with Gasteiger partial charge in [0, 0.05) is 12.8 Å². The molecule has 0 atom stereocenters. The molecule has 2 nitrogen and oxygen atoms in total. The molecular weight excluding hydrogens is 252 g/mol. The van der Waals surface area contributed by atoms with Gasteiger partial charge < -0.3 is 9.47 Å². The van der Waals surface area contributed by atoms with E-state index in [1.807, 2.05) is 0 Å². The summed E-state index contributed by atoms with van der Waals surface area (Å²) in [7, 11) is -1.36. The van der Waals surface area contributed by atoms with Crippen LogP contribution in [0.4, 0.5) is 0 Å². The van der Waals surface area contributed by atoms with Crippen molar-refractivity contribution in [2.24, 2.45) is 0 Å². The van der Waals surface area contributed by atoms with E-state index >= 15 is 0 Å². The average molecular weight is 276 g/mol. The second-order valence-electron chi connectivity index (χ2n) is 6.47. The van der Waals surface area contributed by atoms with Gasteiger partial charge in [0.25, 0.3) is 0 Å². The van der Waals surface area contributed by atoms with Crippen LogP contribution in [0.2, 0.25) is 18.6 Å². The van der Waals surface area contributed by atoms with Crippen LogP contribution >= 0.6 is 0 Å². The van der Waals surface area contributed by atoms with E-state index in [2.05, 4.69) is 43.4 Å². The van der Waals surface area contributed by atoms with Crippen molar-refractivity contribution in [2.45, 2.75) is 50.1 Å². The molecule has 104 valence electrons. The molecule has 1 aliphatic carbocycles. The second kappa shape index (κ2) is 5.04. The second-order valence-corrected chi connectivity index (χ2v) is 11.3. The van der Waals surface area contributed by atoms with Crippen LogP contribution in [0.15, 0.2) is 30.3 Å². The minimum Gasteiger partial charge on any atom is -0.348 e. The van der Waals surface area contributed by atoms with Gasteiger partial charge in [-0.1, -0.05) is 48.6 Å². The first-order chi connectivity index (χ1) is 9.12. The summed E-state index contributed by atoms with van der Waals surface area (Å²) in [4.78, 5) is 0. The van der Waals surface area contributed by atoms with Gasteiger partial charge in [0.05, 0.1) is 21.3 Å². The van der Waals surface area contributed by atoms with Gasteiger partial charge in [0.2, 0.25) is 0 Å². The van der Waals surface area contributed by atoms with E-state index in [-0.39, 0.29) is 5.79 Å². The summed E-state index contributed by atoms with van der Waals surface area (Å²) in [5.74, 6) is -0.211. The van der Waals surface area contributed by atoms with Gasteiger partial charge >= 0.3 is 0 Å². The van der Waals surface area contributed by atoms with E-state index in [4.69, 9.17) is 9.47 Å². The fourth-order valence-corrected chi connectivity index (χ4v) is 6.92.